The molecule has 1 aliphatic heterocycles. The number of aromatic nitrogens is 4. The predicted octanol–water partition coefficient (Wildman–Crippen LogP) is 1.67. The van der Waals surface area contributed by atoms with Gasteiger partial charge < -0.3 is 9.64 Å². The summed E-state index contributed by atoms with van der Waals surface area (Å²) in [7, 11) is 3.82. The third kappa shape index (κ3) is 3.20. The molecule has 1 aliphatic rings. The summed E-state index contributed by atoms with van der Waals surface area (Å²) in [5, 5.41) is 4.18. The number of H-pyrrole nitrogens is 1. The number of aromatic amines is 1. The van der Waals surface area contributed by atoms with Crippen LogP contribution in [-0.2, 0) is 26.5 Å². The molecule has 0 saturated heterocycles. The molecule has 0 amide bonds. The molecule has 0 unspecified atom stereocenters. The average molecular weight is 351 g/mol. The van der Waals surface area contributed by atoms with Crippen molar-refractivity contribution in [1.29, 1.82) is 0 Å². The van der Waals surface area contributed by atoms with E-state index in [0.29, 0.717) is 30.2 Å². The van der Waals surface area contributed by atoms with Gasteiger partial charge in [0, 0.05) is 38.8 Å². The van der Waals surface area contributed by atoms with Gasteiger partial charge in [0.25, 0.3) is 5.56 Å². The maximum atomic E-state index is 12.6. The predicted molar refractivity (Wildman–Crippen MR) is 98.6 cm³/mol. The van der Waals surface area contributed by atoms with E-state index in [9.17, 15) is 4.79 Å². The minimum Gasteiger partial charge on any atom is -0.487 e. The van der Waals surface area contributed by atoms with E-state index in [0.717, 1.165) is 29.8 Å². The summed E-state index contributed by atoms with van der Waals surface area (Å²) in [6.07, 6.45) is 5.21. The monoisotopic (exact) mass is 351 g/mol. The van der Waals surface area contributed by atoms with Gasteiger partial charge in [-0.2, -0.15) is 5.10 Å². The summed E-state index contributed by atoms with van der Waals surface area (Å²) >= 11 is 0. The van der Waals surface area contributed by atoms with Crippen molar-refractivity contribution in [2.45, 2.75) is 19.4 Å². The van der Waals surface area contributed by atoms with Crippen LogP contribution in [0.3, 0.4) is 0 Å². The zero-order valence-electron chi connectivity index (χ0n) is 14.9. The number of likely N-dealkylation sites (N-methyl/N-ethyl adjacent to an activating group) is 1. The summed E-state index contributed by atoms with van der Waals surface area (Å²) in [4.78, 5) is 22.2. The highest BCUT2D eigenvalue weighted by molar-refractivity contribution is 5.42. The lowest BCUT2D eigenvalue weighted by Gasteiger charge is -2.18. The highest BCUT2D eigenvalue weighted by atomic mass is 16.5. The highest BCUT2D eigenvalue weighted by Crippen LogP contribution is 2.26. The molecule has 7 nitrogen and oxygen atoms in total. The number of benzene rings is 1. The number of nitrogens with zero attached hydrogens (tertiary/aromatic N) is 4. The fourth-order valence-electron chi connectivity index (χ4n) is 3.14. The van der Waals surface area contributed by atoms with Gasteiger partial charge in [-0.15, -0.1) is 0 Å². The van der Waals surface area contributed by atoms with Crippen LogP contribution in [0.1, 0.15) is 22.4 Å². The van der Waals surface area contributed by atoms with Crippen LogP contribution in [0, 0.1) is 0 Å². The average Bonchev–Trinajstić information content (AvgIpc) is 2.95. The number of nitrogens with one attached hydrogen (secondary N) is 1. The third-order valence-electron chi connectivity index (χ3n) is 4.65. The van der Waals surface area contributed by atoms with E-state index >= 15 is 0 Å². The Morgan fingerprint density at radius 3 is 3.00 bits per heavy atom. The number of ether oxygens (including phenoxy) is 1. The molecule has 1 aromatic carbocycles. The normalized spacial score (nSPS) is 12.7. The summed E-state index contributed by atoms with van der Waals surface area (Å²) < 4.78 is 7.64. The topological polar surface area (TPSA) is 76.0 Å². The first-order chi connectivity index (χ1) is 12.6. The number of hydrogen-bond acceptors (Lipinski definition) is 5. The Kier molecular flexibility index (Phi) is 4.20. The first-order valence-corrected chi connectivity index (χ1v) is 8.61. The van der Waals surface area contributed by atoms with Crippen molar-refractivity contribution >= 4 is 5.95 Å². The van der Waals surface area contributed by atoms with Crippen molar-refractivity contribution in [3.05, 3.63) is 69.4 Å². The van der Waals surface area contributed by atoms with E-state index in [-0.39, 0.29) is 5.56 Å². The smallest absolute Gasteiger partial charge is 0.256 e. The molecular weight excluding hydrogens is 330 g/mol. The van der Waals surface area contributed by atoms with Crippen molar-refractivity contribution in [3.8, 4) is 5.75 Å². The Bertz CT molecular complexity index is 992. The van der Waals surface area contributed by atoms with E-state index in [1.165, 1.54) is 0 Å². The van der Waals surface area contributed by atoms with Gasteiger partial charge in [0.15, 0.2) is 0 Å². The quantitative estimate of drug-likeness (QED) is 0.774. The Morgan fingerprint density at radius 1 is 1.35 bits per heavy atom. The first-order valence-electron chi connectivity index (χ1n) is 8.61. The lowest BCUT2D eigenvalue weighted by Crippen LogP contribution is -2.28. The number of para-hydroxylation sites is 1. The second kappa shape index (κ2) is 6.67. The van der Waals surface area contributed by atoms with Gasteiger partial charge in [0.2, 0.25) is 5.95 Å². The number of rotatable bonds is 4. The van der Waals surface area contributed by atoms with Gasteiger partial charge in [-0.25, -0.2) is 4.98 Å². The zero-order chi connectivity index (χ0) is 18.1. The number of hydrogen-bond donors (Lipinski definition) is 1. The molecule has 0 radical (unpaired) electrons. The van der Waals surface area contributed by atoms with Crippen LogP contribution >= 0.6 is 0 Å². The van der Waals surface area contributed by atoms with Crippen molar-refractivity contribution in [2.75, 3.05) is 18.5 Å². The minimum atomic E-state index is -0.0986. The lowest BCUT2D eigenvalue weighted by atomic mass is 10.1. The van der Waals surface area contributed by atoms with Crippen LogP contribution < -0.4 is 15.2 Å². The second-order valence-electron chi connectivity index (χ2n) is 6.58. The second-order valence-corrected chi connectivity index (χ2v) is 6.58. The highest BCUT2D eigenvalue weighted by Gasteiger charge is 2.19. The molecule has 0 fully saturated rings. The summed E-state index contributed by atoms with van der Waals surface area (Å²) in [5.74, 6) is 1.38. The van der Waals surface area contributed by atoms with Gasteiger partial charge in [0.1, 0.15) is 12.4 Å². The van der Waals surface area contributed by atoms with Crippen molar-refractivity contribution in [3.63, 3.8) is 0 Å². The number of aryl methyl sites for hydroxylation is 1. The van der Waals surface area contributed by atoms with E-state index in [1.807, 2.05) is 55.7 Å². The standard InChI is InChI=1S/C19H21N5O2/c1-23(8-7-13-10-20-24(2)11-13)19-21-16-12-26-17-6-4-3-5-14(17)9-15(16)18(25)22-19/h3-6,10-11H,7-9,12H2,1-2H3,(H,21,22,25). The molecule has 3 aromatic rings. The number of anilines is 1. The van der Waals surface area contributed by atoms with E-state index in [2.05, 4.69) is 15.1 Å². The van der Waals surface area contributed by atoms with Crippen LogP contribution in [0.2, 0.25) is 0 Å². The molecule has 134 valence electrons. The Labute approximate surface area is 151 Å². The maximum Gasteiger partial charge on any atom is 0.256 e. The first kappa shape index (κ1) is 16.4. The van der Waals surface area contributed by atoms with Crippen LogP contribution in [0.25, 0.3) is 0 Å². The zero-order valence-corrected chi connectivity index (χ0v) is 14.9. The maximum absolute atomic E-state index is 12.6. The third-order valence-corrected chi connectivity index (χ3v) is 4.65. The Morgan fingerprint density at radius 2 is 2.19 bits per heavy atom. The number of fused-ring (bicyclic) bond motifs is 2. The Balaban J connectivity index is 1.56. The van der Waals surface area contributed by atoms with Crippen LogP contribution in [0.4, 0.5) is 5.95 Å². The molecular formula is C19H21N5O2. The minimum absolute atomic E-state index is 0.0986. The SMILES string of the molecule is CN(CCc1cnn(C)c1)c1nc2c(c(=O)[nH]1)Cc1ccccc1OC2. The molecule has 2 aromatic heterocycles. The fraction of sp³-hybridized carbons (Fsp3) is 0.316. The van der Waals surface area contributed by atoms with Crippen molar-refractivity contribution in [1.82, 2.24) is 19.7 Å². The van der Waals surface area contributed by atoms with Crippen LogP contribution in [0.5, 0.6) is 5.75 Å². The molecule has 0 bridgehead atoms. The van der Waals surface area contributed by atoms with E-state index < -0.39 is 0 Å². The molecule has 0 saturated carbocycles. The van der Waals surface area contributed by atoms with Gasteiger partial charge in [-0.05, 0) is 23.6 Å². The molecule has 7 heteroatoms. The van der Waals surface area contributed by atoms with E-state index in [4.69, 9.17) is 4.74 Å². The largest absolute Gasteiger partial charge is 0.487 e. The van der Waals surface area contributed by atoms with E-state index in [1.54, 1.807) is 4.68 Å². The Hall–Kier alpha value is -3.09. The molecule has 0 atom stereocenters. The molecule has 0 spiro atoms. The molecule has 3 heterocycles. The van der Waals surface area contributed by atoms with Crippen molar-refractivity contribution in [2.24, 2.45) is 7.05 Å². The van der Waals surface area contributed by atoms with Crippen LogP contribution in [-0.4, -0.2) is 33.3 Å². The van der Waals surface area contributed by atoms with Gasteiger partial charge in [0.05, 0.1) is 11.9 Å². The van der Waals surface area contributed by atoms with Gasteiger partial charge in [-0.3, -0.25) is 14.5 Å². The fourth-order valence-corrected chi connectivity index (χ4v) is 3.14. The molecule has 26 heavy (non-hydrogen) atoms. The lowest BCUT2D eigenvalue weighted by molar-refractivity contribution is 0.302. The van der Waals surface area contributed by atoms with Gasteiger partial charge in [-0.1, -0.05) is 18.2 Å². The summed E-state index contributed by atoms with van der Waals surface area (Å²) in [6, 6.07) is 7.80. The summed E-state index contributed by atoms with van der Waals surface area (Å²) in [6.45, 7) is 1.04. The van der Waals surface area contributed by atoms with Crippen LogP contribution in [0.15, 0.2) is 41.5 Å². The van der Waals surface area contributed by atoms with Crippen molar-refractivity contribution < 1.29 is 4.74 Å². The molecule has 1 N–H and O–H groups in total. The molecule has 4 rings (SSSR count). The summed E-state index contributed by atoms with van der Waals surface area (Å²) in [5.41, 5.74) is 3.44. The molecule has 0 aliphatic carbocycles. The van der Waals surface area contributed by atoms with Gasteiger partial charge >= 0.3 is 0 Å².